The van der Waals surface area contributed by atoms with E-state index in [0.717, 1.165) is 39.3 Å². The molecule has 2 amide bonds. The van der Waals surface area contributed by atoms with E-state index in [0.29, 0.717) is 17.9 Å². The van der Waals surface area contributed by atoms with Crippen LogP contribution in [0.3, 0.4) is 0 Å². The average molecular weight is 223 g/mol. The number of urea groups is 1. The first-order chi connectivity index (χ1) is 7.83. The molecule has 0 aromatic heterocycles. The summed E-state index contributed by atoms with van der Waals surface area (Å²) in [6.07, 6.45) is 3.69. The summed E-state index contributed by atoms with van der Waals surface area (Å²) in [7, 11) is 0. The Morgan fingerprint density at radius 2 is 1.62 bits per heavy atom. The van der Waals surface area contributed by atoms with Crippen LogP contribution in [0.4, 0.5) is 4.79 Å². The minimum atomic E-state index is 0.300. The lowest BCUT2D eigenvalue weighted by Crippen LogP contribution is -2.55. The highest BCUT2D eigenvalue weighted by atomic mass is 16.2. The fourth-order valence-electron chi connectivity index (χ4n) is 3.37. The minimum absolute atomic E-state index is 0.300. The highest BCUT2D eigenvalue weighted by Crippen LogP contribution is 2.25. The van der Waals surface area contributed by atoms with Gasteiger partial charge in [-0.3, -0.25) is 0 Å². The molecule has 4 heteroatoms. The molecule has 3 rings (SSSR count). The summed E-state index contributed by atoms with van der Waals surface area (Å²) in [5.74, 6) is 1.39. The van der Waals surface area contributed by atoms with Gasteiger partial charge in [0.05, 0.1) is 0 Å². The molecule has 3 fully saturated rings. The molecule has 4 nitrogen and oxygen atoms in total. The lowest BCUT2D eigenvalue weighted by atomic mass is 9.86. The van der Waals surface area contributed by atoms with Crippen LogP contribution < -0.4 is 5.32 Å². The van der Waals surface area contributed by atoms with Crippen LogP contribution in [0.1, 0.15) is 19.3 Å². The second kappa shape index (κ2) is 4.24. The Kier molecular flexibility index (Phi) is 2.75. The number of amides is 2. The van der Waals surface area contributed by atoms with Gasteiger partial charge >= 0.3 is 6.03 Å². The summed E-state index contributed by atoms with van der Waals surface area (Å²) in [5, 5.41) is 3.46. The zero-order valence-corrected chi connectivity index (χ0v) is 9.82. The van der Waals surface area contributed by atoms with Crippen molar-refractivity contribution in [3.05, 3.63) is 0 Å². The molecule has 0 radical (unpaired) electrons. The predicted molar refractivity (Wildman–Crippen MR) is 62.2 cm³/mol. The molecule has 3 aliphatic heterocycles. The van der Waals surface area contributed by atoms with Crippen LogP contribution in [0, 0.1) is 11.8 Å². The quantitative estimate of drug-likeness (QED) is 0.657. The highest BCUT2D eigenvalue weighted by molar-refractivity contribution is 5.74. The monoisotopic (exact) mass is 223 g/mol. The molecule has 16 heavy (non-hydrogen) atoms. The first kappa shape index (κ1) is 10.4. The third-order valence-corrected chi connectivity index (χ3v) is 4.14. The van der Waals surface area contributed by atoms with Gasteiger partial charge in [-0.1, -0.05) is 0 Å². The van der Waals surface area contributed by atoms with E-state index in [1.807, 2.05) is 4.90 Å². The fourth-order valence-corrected chi connectivity index (χ4v) is 3.37. The van der Waals surface area contributed by atoms with E-state index in [1.54, 1.807) is 0 Å². The number of fused-ring (bicyclic) bond motifs is 2. The number of nitrogens with zero attached hydrogens (tertiary/aromatic N) is 2. The smallest absolute Gasteiger partial charge is 0.320 e. The van der Waals surface area contributed by atoms with Crippen molar-refractivity contribution in [2.75, 3.05) is 39.3 Å². The lowest BCUT2D eigenvalue weighted by molar-refractivity contribution is 0.0947. The van der Waals surface area contributed by atoms with Gasteiger partial charge < -0.3 is 15.1 Å². The molecular formula is C12H21N3O. The second-order valence-electron chi connectivity index (χ2n) is 5.51. The first-order valence-electron chi connectivity index (χ1n) is 6.57. The normalized spacial score (nSPS) is 34.2. The van der Waals surface area contributed by atoms with Gasteiger partial charge in [-0.2, -0.15) is 0 Å². The summed E-state index contributed by atoms with van der Waals surface area (Å²) in [4.78, 5) is 16.4. The molecule has 0 unspecified atom stereocenters. The summed E-state index contributed by atoms with van der Waals surface area (Å²) in [6.45, 7) is 6.09. The van der Waals surface area contributed by atoms with Gasteiger partial charge in [0.1, 0.15) is 0 Å². The molecule has 3 aliphatic rings. The number of carbonyl (C=O) groups is 1. The van der Waals surface area contributed by atoms with Crippen LogP contribution in [0.5, 0.6) is 0 Å². The van der Waals surface area contributed by atoms with Crippen molar-refractivity contribution < 1.29 is 4.79 Å². The van der Waals surface area contributed by atoms with Crippen LogP contribution in [-0.2, 0) is 0 Å². The van der Waals surface area contributed by atoms with Crippen LogP contribution in [0.15, 0.2) is 0 Å². The SMILES string of the molecule is O=C(N1CCCC1)N1C[C@@H]2CNC[C@@H](C2)C1. The highest BCUT2D eigenvalue weighted by Gasteiger charge is 2.34. The Balaban J connectivity index is 1.63. The lowest BCUT2D eigenvalue weighted by Gasteiger charge is -2.42. The number of piperidine rings is 2. The van der Waals surface area contributed by atoms with E-state index in [1.165, 1.54) is 19.3 Å². The van der Waals surface area contributed by atoms with Crippen molar-refractivity contribution in [3.8, 4) is 0 Å². The number of hydrogen-bond donors (Lipinski definition) is 1. The maximum atomic E-state index is 12.3. The van der Waals surface area contributed by atoms with Gasteiger partial charge in [0.15, 0.2) is 0 Å². The molecule has 3 heterocycles. The van der Waals surface area contributed by atoms with Gasteiger partial charge in [-0.25, -0.2) is 4.79 Å². The van der Waals surface area contributed by atoms with Gasteiger partial charge in [0.25, 0.3) is 0 Å². The molecule has 3 saturated heterocycles. The van der Waals surface area contributed by atoms with Gasteiger partial charge in [-0.15, -0.1) is 0 Å². The maximum absolute atomic E-state index is 12.3. The summed E-state index contributed by atoms with van der Waals surface area (Å²) in [5.41, 5.74) is 0. The third kappa shape index (κ3) is 1.90. The Morgan fingerprint density at radius 1 is 1.00 bits per heavy atom. The van der Waals surface area contributed by atoms with Gasteiger partial charge in [-0.05, 0) is 44.2 Å². The van der Waals surface area contributed by atoms with Crippen molar-refractivity contribution in [2.24, 2.45) is 11.8 Å². The van der Waals surface area contributed by atoms with Crippen LogP contribution in [-0.4, -0.2) is 55.1 Å². The van der Waals surface area contributed by atoms with Crippen LogP contribution in [0.25, 0.3) is 0 Å². The maximum Gasteiger partial charge on any atom is 0.320 e. The average Bonchev–Trinajstić information content (AvgIpc) is 2.81. The Morgan fingerprint density at radius 3 is 2.25 bits per heavy atom. The van der Waals surface area contributed by atoms with Gasteiger partial charge in [0.2, 0.25) is 0 Å². The molecule has 90 valence electrons. The molecule has 0 aliphatic carbocycles. The Labute approximate surface area is 97.0 Å². The largest absolute Gasteiger partial charge is 0.325 e. The zero-order valence-electron chi connectivity index (χ0n) is 9.82. The van der Waals surface area contributed by atoms with Crippen LogP contribution >= 0.6 is 0 Å². The standard InChI is InChI=1S/C12H21N3O/c16-12(14-3-1-2-4-14)15-8-10-5-11(9-15)7-13-6-10/h10-11,13H,1-9H2/t10-,11+. The molecule has 0 aromatic rings. The molecule has 1 N–H and O–H groups in total. The number of likely N-dealkylation sites (tertiary alicyclic amines) is 2. The van der Waals surface area contributed by atoms with E-state index in [2.05, 4.69) is 10.2 Å². The number of carbonyl (C=O) groups excluding carboxylic acids is 1. The van der Waals surface area contributed by atoms with E-state index >= 15 is 0 Å². The predicted octanol–water partition coefficient (Wildman–Crippen LogP) is 0.744. The summed E-state index contributed by atoms with van der Waals surface area (Å²) < 4.78 is 0. The number of nitrogens with one attached hydrogen (secondary N) is 1. The fraction of sp³-hybridized carbons (Fsp3) is 0.917. The number of rotatable bonds is 0. The molecule has 0 saturated carbocycles. The third-order valence-electron chi connectivity index (χ3n) is 4.14. The van der Waals surface area contributed by atoms with Crippen molar-refractivity contribution in [1.82, 2.24) is 15.1 Å². The van der Waals surface area contributed by atoms with Crippen molar-refractivity contribution >= 4 is 6.03 Å². The molecule has 0 aromatic carbocycles. The Hall–Kier alpha value is -0.770. The summed E-state index contributed by atoms with van der Waals surface area (Å²) >= 11 is 0. The van der Waals surface area contributed by atoms with Crippen molar-refractivity contribution in [3.63, 3.8) is 0 Å². The van der Waals surface area contributed by atoms with Crippen molar-refractivity contribution in [2.45, 2.75) is 19.3 Å². The minimum Gasteiger partial charge on any atom is -0.325 e. The topological polar surface area (TPSA) is 35.6 Å². The van der Waals surface area contributed by atoms with Crippen LogP contribution in [0.2, 0.25) is 0 Å². The molecule has 0 spiro atoms. The van der Waals surface area contributed by atoms with Gasteiger partial charge in [0, 0.05) is 26.2 Å². The van der Waals surface area contributed by atoms with E-state index in [4.69, 9.17) is 0 Å². The van der Waals surface area contributed by atoms with Crippen molar-refractivity contribution in [1.29, 1.82) is 0 Å². The second-order valence-corrected chi connectivity index (χ2v) is 5.51. The van der Waals surface area contributed by atoms with E-state index in [9.17, 15) is 4.79 Å². The molecule has 2 atom stereocenters. The summed E-state index contributed by atoms with van der Waals surface area (Å²) in [6, 6.07) is 0.300. The number of hydrogen-bond acceptors (Lipinski definition) is 2. The van der Waals surface area contributed by atoms with E-state index < -0.39 is 0 Å². The molecule has 2 bridgehead atoms. The Bertz CT molecular complexity index is 263. The van der Waals surface area contributed by atoms with E-state index in [-0.39, 0.29) is 0 Å². The zero-order chi connectivity index (χ0) is 11.0. The first-order valence-corrected chi connectivity index (χ1v) is 6.57. The molecular weight excluding hydrogens is 202 g/mol.